The average Bonchev–Trinajstić information content (AvgIpc) is 3.47. The van der Waals surface area contributed by atoms with Crippen molar-refractivity contribution in [2.45, 2.75) is 18.5 Å². The minimum absolute atomic E-state index is 0.143. The Morgan fingerprint density at radius 3 is 2.46 bits per heavy atom. The van der Waals surface area contributed by atoms with Gasteiger partial charge in [0.2, 0.25) is 17.7 Å². The molecule has 10 nitrogen and oxygen atoms in total. The number of hydrogen-bond acceptors (Lipinski definition) is 7. The summed E-state index contributed by atoms with van der Waals surface area (Å²) in [5, 5.41) is 3.35. The molecule has 37 heavy (non-hydrogen) atoms. The molecule has 0 aliphatic carbocycles. The number of rotatable bonds is 4. The Hall–Kier alpha value is -3.76. The highest BCUT2D eigenvalue weighted by Crippen LogP contribution is 2.55. The second kappa shape index (κ2) is 8.67. The van der Waals surface area contributed by atoms with Gasteiger partial charge in [-0.1, -0.05) is 18.2 Å². The third-order valence-electron chi connectivity index (χ3n) is 8.00. The van der Waals surface area contributed by atoms with Gasteiger partial charge in [-0.3, -0.25) is 24.5 Å². The van der Waals surface area contributed by atoms with Crippen LogP contribution in [0.25, 0.3) is 0 Å². The van der Waals surface area contributed by atoms with Crippen LogP contribution in [0.15, 0.2) is 48.5 Å². The normalized spacial score (nSPS) is 28.8. The van der Waals surface area contributed by atoms with E-state index in [2.05, 4.69) is 5.32 Å². The van der Waals surface area contributed by atoms with Gasteiger partial charge in [0.25, 0.3) is 5.91 Å². The van der Waals surface area contributed by atoms with Crippen molar-refractivity contribution in [3.63, 3.8) is 0 Å². The Kier molecular flexibility index (Phi) is 5.54. The molecular weight excluding hydrogens is 476 g/mol. The summed E-state index contributed by atoms with van der Waals surface area (Å²) in [6, 6.07) is 13.5. The molecule has 1 N–H and O–H groups in total. The number of hydrogen-bond donors (Lipinski definition) is 1. The quantitative estimate of drug-likeness (QED) is 0.616. The SMILES string of the molecule is COc1ccc(N2C(=O)[C@@H]3[C@@H](C2=O)[C@]2(N[C@@H]3C)C(=O)N(CC(=O)N3CCOCC3)c3ccccc32)cc1. The number of fused-ring (bicyclic) bond motifs is 4. The highest BCUT2D eigenvalue weighted by atomic mass is 16.5. The minimum Gasteiger partial charge on any atom is -0.497 e. The molecule has 192 valence electrons. The van der Waals surface area contributed by atoms with Crippen LogP contribution < -0.4 is 19.9 Å². The molecule has 4 amide bonds. The zero-order chi connectivity index (χ0) is 25.9. The Balaban J connectivity index is 1.38. The largest absolute Gasteiger partial charge is 0.497 e. The number of benzene rings is 2. The predicted octanol–water partition coefficient (Wildman–Crippen LogP) is 0.893. The van der Waals surface area contributed by atoms with Crippen molar-refractivity contribution in [1.82, 2.24) is 10.2 Å². The van der Waals surface area contributed by atoms with Crippen LogP contribution >= 0.6 is 0 Å². The van der Waals surface area contributed by atoms with E-state index >= 15 is 0 Å². The van der Waals surface area contributed by atoms with Gasteiger partial charge in [-0.05, 0) is 37.3 Å². The number of ether oxygens (including phenoxy) is 2. The van der Waals surface area contributed by atoms with Gasteiger partial charge in [0.15, 0.2) is 0 Å². The molecule has 4 atom stereocenters. The second-order valence-electron chi connectivity index (χ2n) is 9.86. The van der Waals surface area contributed by atoms with Crippen molar-refractivity contribution in [3.8, 4) is 5.75 Å². The van der Waals surface area contributed by atoms with Gasteiger partial charge >= 0.3 is 0 Å². The maximum absolute atomic E-state index is 14.2. The van der Waals surface area contributed by atoms with Crippen LogP contribution in [0.5, 0.6) is 5.75 Å². The molecule has 0 bridgehead atoms. The van der Waals surface area contributed by atoms with Crippen molar-refractivity contribution in [1.29, 1.82) is 0 Å². The maximum Gasteiger partial charge on any atom is 0.253 e. The number of carbonyl (C=O) groups excluding carboxylic acids is 4. The lowest BCUT2D eigenvalue weighted by molar-refractivity contribution is -0.136. The van der Waals surface area contributed by atoms with Crippen molar-refractivity contribution >= 4 is 35.0 Å². The molecule has 6 rings (SSSR count). The summed E-state index contributed by atoms with van der Waals surface area (Å²) < 4.78 is 10.6. The Morgan fingerprint density at radius 2 is 1.76 bits per heavy atom. The molecule has 3 saturated heterocycles. The number of morpholine rings is 1. The predicted molar refractivity (Wildman–Crippen MR) is 133 cm³/mol. The molecule has 3 fully saturated rings. The van der Waals surface area contributed by atoms with Gasteiger partial charge in [-0.25, -0.2) is 4.90 Å². The van der Waals surface area contributed by atoms with Crippen LogP contribution in [0, 0.1) is 11.8 Å². The second-order valence-corrected chi connectivity index (χ2v) is 9.86. The summed E-state index contributed by atoms with van der Waals surface area (Å²) in [5.41, 5.74) is 0.204. The molecule has 0 aromatic heterocycles. The summed E-state index contributed by atoms with van der Waals surface area (Å²) in [6.45, 7) is 3.54. The number of imide groups is 1. The molecule has 4 aliphatic heterocycles. The number of nitrogens with one attached hydrogen (secondary N) is 1. The van der Waals surface area contributed by atoms with Gasteiger partial charge in [0.05, 0.1) is 37.8 Å². The van der Waals surface area contributed by atoms with E-state index in [1.807, 2.05) is 19.1 Å². The van der Waals surface area contributed by atoms with Gasteiger partial charge in [0, 0.05) is 30.4 Å². The van der Waals surface area contributed by atoms with E-state index < -0.39 is 29.3 Å². The average molecular weight is 505 g/mol. The van der Waals surface area contributed by atoms with E-state index in [4.69, 9.17) is 9.47 Å². The summed E-state index contributed by atoms with van der Waals surface area (Å²) in [7, 11) is 1.54. The van der Waals surface area contributed by atoms with Crippen LogP contribution in [0.1, 0.15) is 12.5 Å². The number of carbonyl (C=O) groups is 4. The first kappa shape index (κ1) is 23.6. The topological polar surface area (TPSA) is 108 Å². The summed E-state index contributed by atoms with van der Waals surface area (Å²) >= 11 is 0. The standard InChI is InChI=1S/C27H28N4O6/c1-16-22-23(25(34)31(24(22)33)17-7-9-18(36-2)10-8-17)27(28-16)19-5-3-4-6-20(19)30(26(27)35)15-21(32)29-11-13-37-14-12-29/h3-10,16,22-23,28H,11-15H2,1-2H3/t16-,22+,23+,27+/m1/s1. The van der Waals surface area contributed by atoms with Crippen LogP contribution in [-0.4, -0.2) is 74.5 Å². The van der Waals surface area contributed by atoms with E-state index in [1.165, 1.54) is 9.80 Å². The van der Waals surface area contributed by atoms with E-state index in [0.29, 0.717) is 49.0 Å². The van der Waals surface area contributed by atoms with Crippen molar-refractivity contribution < 1.29 is 28.7 Å². The Bertz CT molecular complexity index is 1290. The molecule has 10 heteroatoms. The molecule has 4 aliphatic rings. The molecular formula is C27H28N4O6. The van der Waals surface area contributed by atoms with Crippen LogP contribution in [0.4, 0.5) is 11.4 Å². The van der Waals surface area contributed by atoms with E-state index in [9.17, 15) is 19.2 Å². The van der Waals surface area contributed by atoms with Crippen LogP contribution in [-0.2, 0) is 29.5 Å². The Morgan fingerprint density at radius 1 is 1.05 bits per heavy atom. The van der Waals surface area contributed by atoms with Crippen LogP contribution in [0.2, 0.25) is 0 Å². The molecule has 0 radical (unpaired) electrons. The third-order valence-corrected chi connectivity index (χ3v) is 8.00. The smallest absolute Gasteiger partial charge is 0.253 e. The number of amides is 4. The number of methoxy groups -OCH3 is 1. The number of anilines is 2. The molecule has 0 saturated carbocycles. The first-order valence-corrected chi connectivity index (χ1v) is 12.4. The van der Waals surface area contributed by atoms with E-state index in [1.54, 1.807) is 48.4 Å². The highest BCUT2D eigenvalue weighted by molar-refractivity contribution is 6.26. The molecule has 0 unspecified atom stereocenters. The van der Waals surface area contributed by atoms with Crippen molar-refractivity contribution in [2.75, 3.05) is 49.8 Å². The van der Waals surface area contributed by atoms with Crippen molar-refractivity contribution in [2.24, 2.45) is 11.8 Å². The summed E-state index contributed by atoms with van der Waals surface area (Å²) in [6.07, 6.45) is 0. The van der Waals surface area contributed by atoms with E-state index in [0.717, 1.165) is 0 Å². The van der Waals surface area contributed by atoms with Gasteiger partial charge in [-0.15, -0.1) is 0 Å². The fourth-order valence-corrected chi connectivity index (χ4v) is 6.30. The van der Waals surface area contributed by atoms with Gasteiger partial charge in [-0.2, -0.15) is 0 Å². The molecule has 2 aromatic rings. The highest BCUT2D eigenvalue weighted by Gasteiger charge is 2.71. The lowest BCUT2D eigenvalue weighted by atomic mass is 9.76. The van der Waals surface area contributed by atoms with Gasteiger partial charge in [0.1, 0.15) is 17.8 Å². The van der Waals surface area contributed by atoms with Gasteiger partial charge < -0.3 is 19.3 Å². The number of nitrogens with zero attached hydrogens (tertiary/aromatic N) is 3. The van der Waals surface area contributed by atoms with E-state index in [-0.39, 0.29) is 24.3 Å². The zero-order valence-electron chi connectivity index (χ0n) is 20.7. The summed E-state index contributed by atoms with van der Waals surface area (Å²) in [4.78, 5) is 59.3. The molecule has 1 spiro atoms. The van der Waals surface area contributed by atoms with Crippen molar-refractivity contribution in [3.05, 3.63) is 54.1 Å². The molecule has 2 aromatic carbocycles. The summed E-state index contributed by atoms with van der Waals surface area (Å²) in [5.74, 6) is -2.38. The number of para-hydroxylation sites is 1. The minimum atomic E-state index is -1.43. The Labute approximate surface area is 214 Å². The zero-order valence-corrected chi connectivity index (χ0v) is 20.7. The monoisotopic (exact) mass is 504 g/mol. The maximum atomic E-state index is 14.2. The lowest BCUT2D eigenvalue weighted by Gasteiger charge is -2.31. The fourth-order valence-electron chi connectivity index (χ4n) is 6.30. The molecule has 4 heterocycles. The lowest BCUT2D eigenvalue weighted by Crippen LogP contribution is -2.56. The first-order valence-electron chi connectivity index (χ1n) is 12.4. The fraction of sp³-hybridized carbons (Fsp3) is 0.407. The first-order chi connectivity index (χ1) is 17.9. The third kappa shape index (κ3) is 3.32. The van der Waals surface area contributed by atoms with Crippen LogP contribution in [0.3, 0.4) is 0 Å².